The van der Waals surface area contributed by atoms with Crippen LogP contribution in [0.4, 0.5) is 10.1 Å². The molecule has 0 N–H and O–H groups in total. The van der Waals surface area contributed by atoms with E-state index in [1.54, 1.807) is 28.8 Å². The first-order valence-corrected chi connectivity index (χ1v) is 8.60. The van der Waals surface area contributed by atoms with Crippen LogP contribution in [0.15, 0.2) is 53.5 Å². The lowest BCUT2D eigenvalue weighted by atomic mass is 10.2. The molecule has 0 saturated carbocycles. The third kappa shape index (κ3) is 3.60. The Hall–Kier alpha value is -3.13. The van der Waals surface area contributed by atoms with E-state index in [0.717, 1.165) is 4.70 Å². The number of benzene rings is 2. The second-order valence-corrected chi connectivity index (χ2v) is 6.36. The van der Waals surface area contributed by atoms with E-state index in [2.05, 4.69) is 4.99 Å². The molecule has 2 aromatic carbocycles. The molecule has 0 aliphatic carbocycles. The van der Waals surface area contributed by atoms with Gasteiger partial charge in [-0.05, 0) is 42.8 Å². The number of nitro groups is 1. The molecule has 6 nitrogen and oxygen atoms in total. The second-order valence-electron chi connectivity index (χ2n) is 5.35. The molecule has 1 amide bonds. The number of aromatic nitrogens is 1. The number of fused-ring (bicyclic) bond motifs is 1. The van der Waals surface area contributed by atoms with Gasteiger partial charge in [-0.25, -0.2) is 4.39 Å². The zero-order valence-electron chi connectivity index (χ0n) is 13.8. The van der Waals surface area contributed by atoms with Crippen LogP contribution in [0.2, 0.25) is 0 Å². The third-order valence-electron chi connectivity index (χ3n) is 3.70. The number of aryl methyl sites for hydroxylation is 1. The Morgan fingerprint density at radius 3 is 2.69 bits per heavy atom. The smallest absolute Gasteiger partial charge is 0.272 e. The summed E-state index contributed by atoms with van der Waals surface area (Å²) in [4.78, 5) is 26.7. The standard InChI is InChI=1S/C18H14FN3O3S/c1-2-21-17-14(19)4-3-5-15(17)26-18(21)20-16(23)11-8-12-6-9-13(10-7-12)22(24)25/h3-11H,2H2,1H3/b11-8-,20-18?. The highest BCUT2D eigenvalue weighted by atomic mass is 32.1. The summed E-state index contributed by atoms with van der Waals surface area (Å²) in [6.45, 7) is 2.34. The zero-order valence-corrected chi connectivity index (χ0v) is 14.6. The molecule has 0 saturated heterocycles. The van der Waals surface area contributed by atoms with E-state index in [9.17, 15) is 19.3 Å². The Labute approximate surface area is 151 Å². The highest BCUT2D eigenvalue weighted by Gasteiger charge is 2.10. The van der Waals surface area contributed by atoms with Crippen LogP contribution in [0.3, 0.4) is 0 Å². The molecule has 0 unspecified atom stereocenters. The van der Waals surface area contributed by atoms with Gasteiger partial charge in [-0.15, -0.1) is 0 Å². The van der Waals surface area contributed by atoms with Crippen LogP contribution in [-0.4, -0.2) is 15.4 Å². The minimum absolute atomic E-state index is 0.0190. The molecule has 0 spiro atoms. The number of carbonyl (C=O) groups is 1. The molecule has 1 aromatic heterocycles. The largest absolute Gasteiger partial charge is 0.314 e. The van der Waals surface area contributed by atoms with E-state index in [1.165, 1.54) is 41.7 Å². The Morgan fingerprint density at radius 1 is 1.31 bits per heavy atom. The lowest BCUT2D eigenvalue weighted by molar-refractivity contribution is -0.384. The maximum Gasteiger partial charge on any atom is 0.272 e. The van der Waals surface area contributed by atoms with E-state index in [4.69, 9.17) is 0 Å². The van der Waals surface area contributed by atoms with E-state index >= 15 is 0 Å². The Balaban J connectivity index is 1.90. The highest BCUT2D eigenvalue weighted by Crippen LogP contribution is 2.20. The fourth-order valence-corrected chi connectivity index (χ4v) is 3.59. The van der Waals surface area contributed by atoms with Crippen molar-refractivity contribution >= 4 is 39.2 Å². The summed E-state index contributed by atoms with van der Waals surface area (Å²) in [5.41, 5.74) is 1.06. The first-order valence-electron chi connectivity index (χ1n) is 7.78. The zero-order chi connectivity index (χ0) is 18.7. The van der Waals surface area contributed by atoms with Gasteiger partial charge < -0.3 is 4.57 Å². The molecule has 132 valence electrons. The summed E-state index contributed by atoms with van der Waals surface area (Å²) in [6, 6.07) is 10.6. The Morgan fingerprint density at radius 2 is 2.04 bits per heavy atom. The van der Waals surface area contributed by atoms with Crippen LogP contribution >= 0.6 is 11.3 Å². The van der Waals surface area contributed by atoms with Crippen molar-refractivity contribution in [3.8, 4) is 0 Å². The summed E-state index contributed by atoms with van der Waals surface area (Å²) >= 11 is 1.24. The quantitative estimate of drug-likeness (QED) is 0.396. The topological polar surface area (TPSA) is 77.5 Å². The van der Waals surface area contributed by atoms with Crippen LogP contribution in [0.1, 0.15) is 12.5 Å². The number of amides is 1. The third-order valence-corrected chi connectivity index (χ3v) is 4.74. The van der Waals surface area contributed by atoms with Crippen molar-refractivity contribution in [2.75, 3.05) is 0 Å². The van der Waals surface area contributed by atoms with E-state index in [-0.39, 0.29) is 11.5 Å². The number of thiazole rings is 1. The van der Waals surface area contributed by atoms with E-state index in [1.807, 2.05) is 6.92 Å². The van der Waals surface area contributed by atoms with Crippen molar-refractivity contribution in [1.29, 1.82) is 0 Å². The Bertz CT molecular complexity index is 1080. The fraction of sp³-hybridized carbons (Fsp3) is 0.111. The predicted molar refractivity (Wildman–Crippen MR) is 98.1 cm³/mol. The molecule has 0 atom stereocenters. The average molecular weight is 371 g/mol. The molecular formula is C18H14FN3O3S. The summed E-state index contributed by atoms with van der Waals surface area (Å²) in [5.74, 6) is -0.839. The van der Waals surface area contributed by atoms with Crippen LogP contribution in [0.5, 0.6) is 0 Å². The van der Waals surface area contributed by atoms with Gasteiger partial charge in [0.15, 0.2) is 4.80 Å². The number of carbonyl (C=O) groups excluding carboxylic acids is 1. The van der Waals surface area contributed by atoms with Crippen molar-refractivity contribution in [2.45, 2.75) is 13.5 Å². The minimum Gasteiger partial charge on any atom is -0.314 e. The monoisotopic (exact) mass is 371 g/mol. The summed E-state index contributed by atoms with van der Waals surface area (Å²) < 4.78 is 16.4. The number of nitrogens with zero attached hydrogens (tertiary/aromatic N) is 3. The van der Waals surface area contributed by atoms with Crippen molar-refractivity contribution in [1.82, 2.24) is 4.57 Å². The molecule has 26 heavy (non-hydrogen) atoms. The van der Waals surface area contributed by atoms with Crippen LogP contribution < -0.4 is 4.80 Å². The van der Waals surface area contributed by atoms with E-state index in [0.29, 0.717) is 22.4 Å². The number of non-ortho nitro benzene ring substituents is 1. The SMILES string of the molecule is CCn1c(=NC(=O)/C=C\c2ccc([N+](=O)[O-])cc2)sc2cccc(F)c21. The van der Waals surface area contributed by atoms with Crippen LogP contribution in [0.25, 0.3) is 16.3 Å². The van der Waals surface area contributed by atoms with Gasteiger partial charge in [0.2, 0.25) is 0 Å². The van der Waals surface area contributed by atoms with Crippen molar-refractivity contribution in [3.63, 3.8) is 0 Å². The van der Waals surface area contributed by atoms with Gasteiger partial charge in [0.1, 0.15) is 5.82 Å². The lowest BCUT2D eigenvalue weighted by Crippen LogP contribution is -2.15. The molecule has 0 aliphatic heterocycles. The lowest BCUT2D eigenvalue weighted by Gasteiger charge is -2.00. The first kappa shape index (κ1) is 17.7. The number of hydrogen-bond donors (Lipinski definition) is 0. The van der Waals surface area contributed by atoms with Gasteiger partial charge in [-0.2, -0.15) is 4.99 Å². The van der Waals surface area contributed by atoms with Gasteiger partial charge in [0.25, 0.3) is 11.6 Å². The maximum atomic E-state index is 14.0. The molecule has 8 heteroatoms. The normalized spacial score (nSPS) is 12.2. The number of rotatable bonds is 4. The summed E-state index contributed by atoms with van der Waals surface area (Å²) in [7, 11) is 0. The van der Waals surface area contributed by atoms with Crippen molar-refractivity contribution in [2.24, 2.45) is 4.99 Å². The van der Waals surface area contributed by atoms with Gasteiger partial charge in [0.05, 0.1) is 15.1 Å². The second kappa shape index (κ2) is 7.40. The maximum absolute atomic E-state index is 14.0. The summed E-state index contributed by atoms with van der Waals surface area (Å²) in [6.07, 6.45) is 2.81. The van der Waals surface area contributed by atoms with Gasteiger partial charge >= 0.3 is 0 Å². The van der Waals surface area contributed by atoms with Gasteiger partial charge in [-0.1, -0.05) is 17.4 Å². The molecule has 1 heterocycles. The van der Waals surface area contributed by atoms with E-state index < -0.39 is 10.8 Å². The highest BCUT2D eigenvalue weighted by molar-refractivity contribution is 7.16. The molecule has 0 bridgehead atoms. The number of halogens is 1. The first-order chi connectivity index (χ1) is 12.5. The number of para-hydroxylation sites is 1. The van der Waals surface area contributed by atoms with Gasteiger partial charge in [0, 0.05) is 24.8 Å². The summed E-state index contributed by atoms with van der Waals surface area (Å²) in [5, 5.41) is 10.6. The number of nitro benzene ring substituents is 1. The minimum atomic E-state index is -0.488. The van der Waals surface area contributed by atoms with Crippen LogP contribution in [-0.2, 0) is 11.3 Å². The molecule has 0 radical (unpaired) electrons. The van der Waals surface area contributed by atoms with Crippen molar-refractivity contribution in [3.05, 3.63) is 74.8 Å². The molecule has 3 aromatic rings. The molecule has 0 aliphatic rings. The molecule has 3 rings (SSSR count). The van der Waals surface area contributed by atoms with Crippen molar-refractivity contribution < 1.29 is 14.1 Å². The Kier molecular flexibility index (Phi) is 5.04. The number of hydrogen-bond acceptors (Lipinski definition) is 4. The molecular weight excluding hydrogens is 357 g/mol. The average Bonchev–Trinajstić information content (AvgIpc) is 2.98. The van der Waals surface area contributed by atoms with Crippen LogP contribution in [0, 0.1) is 15.9 Å². The molecule has 0 fully saturated rings. The van der Waals surface area contributed by atoms with Gasteiger partial charge in [-0.3, -0.25) is 14.9 Å². The fourth-order valence-electron chi connectivity index (χ4n) is 2.47. The predicted octanol–water partition coefficient (Wildman–Crippen LogP) is 3.91.